The highest BCUT2D eigenvalue weighted by Gasteiger charge is 2.12. The zero-order valence-electron chi connectivity index (χ0n) is 10.4. The number of rotatable bonds is 5. The quantitative estimate of drug-likeness (QED) is 0.886. The minimum atomic E-state index is -0.216. The van der Waals surface area contributed by atoms with Crippen LogP contribution in [0, 0.1) is 0 Å². The van der Waals surface area contributed by atoms with E-state index in [1.54, 1.807) is 11.6 Å². The summed E-state index contributed by atoms with van der Waals surface area (Å²) in [7, 11) is 0. The van der Waals surface area contributed by atoms with Crippen molar-refractivity contribution in [2.75, 3.05) is 11.9 Å². The van der Waals surface area contributed by atoms with E-state index in [-0.39, 0.29) is 18.3 Å². The van der Waals surface area contributed by atoms with Crippen molar-refractivity contribution in [1.82, 2.24) is 9.97 Å². The molecular weight excluding hydrogens is 304 g/mol. The minimum absolute atomic E-state index is 0. The Morgan fingerprint density at radius 3 is 2.95 bits per heavy atom. The summed E-state index contributed by atoms with van der Waals surface area (Å²) in [5.74, 6) is -0.216. The number of nitrogens with zero attached hydrogens (tertiary/aromatic N) is 2. The van der Waals surface area contributed by atoms with Crippen LogP contribution in [0.2, 0.25) is 0 Å². The van der Waals surface area contributed by atoms with Gasteiger partial charge in [0.1, 0.15) is 5.69 Å². The van der Waals surface area contributed by atoms with E-state index >= 15 is 0 Å². The normalized spacial score (nSPS) is 10.0. The lowest BCUT2D eigenvalue weighted by Crippen LogP contribution is -2.12. The van der Waals surface area contributed by atoms with Crippen LogP contribution in [0.1, 0.15) is 27.3 Å². The number of hydrogen-bond donors (Lipinski definition) is 2. The van der Waals surface area contributed by atoms with Crippen molar-refractivity contribution in [1.29, 1.82) is 0 Å². The maximum atomic E-state index is 11.9. The van der Waals surface area contributed by atoms with Gasteiger partial charge >= 0.3 is 0 Å². The number of anilines is 1. The fourth-order valence-electron chi connectivity index (χ4n) is 1.34. The van der Waals surface area contributed by atoms with E-state index in [1.165, 1.54) is 22.7 Å². The molecule has 0 unspecified atom stereocenters. The third-order valence-corrected chi connectivity index (χ3v) is 4.23. The Morgan fingerprint density at radius 2 is 2.32 bits per heavy atom. The highest BCUT2D eigenvalue weighted by Crippen LogP contribution is 2.19. The smallest absolute Gasteiger partial charge is 0.276 e. The Labute approximate surface area is 125 Å². The van der Waals surface area contributed by atoms with E-state index < -0.39 is 0 Å². The fourth-order valence-corrected chi connectivity index (χ4v) is 2.88. The Bertz CT molecular complexity index is 540. The molecule has 8 heteroatoms. The first-order valence-electron chi connectivity index (χ1n) is 5.63. The number of nitrogens with one attached hydrogen (secondary N) is 1. The van der Waals surface area contributed by atoms with Crippen LogP contribution in [0.3, 0.4) is 0 Å². The molecule has 2 aromatic heterocycles. The van der Waals surface area contributed by atoms with E-state index in [0.29, 0.717) is 23.8 Å². The summed E-state index contributed by atoms with van der Waals surface area (Å²) in [4.78, 5) is 21.4. The number of thiazole rings is 2. The molecule has 0 aliphatic carbocycles. The second kappa shape index (κ2) is 7.54. The highest BCUT2D eigenvalue weighted by molar-refractivity contribution is 7.15. The summed E-state index contributed by atoms with van der Waals surface area (Å²) in [5.41, 5.74) is 5.87. The number of nitrogens with two attached hydrogens (primary N) is 1. The van der Waals surface area contributed by atoms with Crippen LogP contribution in [0.4, 0.5) is 5.13 Å². The molecule has 2 rings (SSSR count). The van der Waals surface area contributed by atoms with Gasteiger partial charge in [0.25, 0.3) is 5.91 Å². The first kappa shape index (κ1) is 16.0. The second-order valence-electron chi connectivity index (χ2n) is 3.60. The van der Waals surface area contributed by atoms with Gasteiger partial charge in [0.05, 0.1) is 5.01 Å². The van der Waals surface area contributed by atoms with Crippen molar-refractivity contribution < 1.29 is 4.79 Å². The van der Waals surface area contributed by atoms with Crippen LogP contribution >= 0.6 is 35.1 Å². The maximum Gasteiger partial charge on any atom is 0.276 e. The standard InChI is InChI=1S/C11H14N4OS2.ClH/c1-2-7-5-13-11(18-7)15-10(16)8-6-17-9(14-8)3-4-12;/h5-6H,2-4,12H2,1H3,(H,13,15,16);1H. The van der Waals surface area contributed by atoms with Crippen LogP contribution in [0.15, 0.2) is 11.6 Å². The van der Waals surface area contributed by atoms with E-state index in [0.717, 1.165) is 16.3 Å². The number of hydrogen-bond acceptors (Lipinski definition) is 6. The molecule has 0 aromatic carbocycles. The molecule has 0 bridgehead atoms. The van der Waals surface area contributed by atoms with Crippen molar-refractivity contribution in [2.45, 2.75) is 19.8 Å². The van der Waals surface area contributed by atoms with E-state index in [2.05, 4.69) is 22.2 Å². The highest BCUT2D eigenvalue weighted by atomic mass is 35.5. The molecule has 0 radical (unpaired) electrons. The van der Waals surface area contributed by atoms with Gasteiger partial charge in [-0.1, -0.05) is 6.92 Å². The van der Waals surface area contributed by atoms with Gasteiger partial charge in [-0.25, -0.2) is 9.97 Å². The summed E-state index contributed by atoms with van der Waals surface area (Å²) in [6.07, 6.45) is 3.40. The Balaban J connectivity index is 0.00000180. The van der Waals surface area contributed by atoms with Gasteiger partial charge in [-0.2, -0.15) is 0 Å². The largest absolute Gasteiger partial charge is 0.330 e. The molecule has 1 amide bonds. The molecule has 0 aliphatic heterocycles. The predicted molar refractivity (Wildman–Crippen MR) is 81.6 cm³/mol. The number of halogens is 1. The molecule has 0 saturated heterocycles. The molecule has 0 spiro atoms. The molecule has 0 fully saturated rings. The van der Waals surface area contributed by atoms with Crippen LogP contribution in [-0.4, -0.2) is 22.4 Å². The van der Waals surface area contributed by atoms with E-state index in [1.807, 2.05) is 0 Å². The molecule has 2 aromatic rings. The summed E-state index contributed by atoms with van der Waals surface area (Å²) >= 11 is 2.94. The van der Waals surface area contributed by atoms with Gasteiger partial charge < -0.3 is 5.73 Å². The topological polar surface area (TPSA) is 80.9 Å². The summed E-state index contributed by atoms with van der Waals surface area (Å²) < 4.78 is 0. The maximum absolute atomic E-state index is 11.9. The minimum Gasteiger partial charge on any atom is -0.330 e. The molecular formula is C11H15ClN4OS2. The van der Waals surface area contributed by atoms with Gasteiger partial charge in [-0.05, 0) is 13.0 Å². The number of aromatic nitrogens is 2. The van der Waals surface area contributed by atoms with Crippen LogP contribution in [-0.2, 0) is 12.8 Å². The number of carbonyl (C=O) groups is 1. The third kappa shape index (κ3) is 4.24. The predicted octanol–water partition coefficient (Wildman–Crippen LogP) is 2.34. The van der Waals surface area contributed by atoms with Gasteiger partial charge in [0.15, 0.2) is 5.13 Å². The van der Waals surface area contributed by atoms with Crippen LogP contribution in [0.5, 0.6) is 0 Å². The lowest BCUT2D eigenvalue weighted by molar-refractivity contribution is 0.102. The van der Waals surface area contributed by atoms with E-state index in [4.69, 9.17) is 5.73 Å². The summed E-state index contributed by atoms with van der Waals surface area (Å²) in [6.45, 7) is 2.60. The van der Waals surface area contributed by atoms with E-state index in [9.17, 15) is 4.79 Å². The van der Waals surface area contributed by atoms with Crippen molar-refractivity contribution in [3.05, 3.63) is 27.2 Å². The zero-order valence-corrected chi connectivity index (χ0v) is 12.8. The molecule has 5 nitrogen and oxygen atoms in total. The Kier molecular flexibility index (Phi) is 6.36. The van der Waals surface area contributed by atoms with Gasteiger partial charge in [-0.3, -0.25) is 10.1 Å². The number of carbonyl (C=O) groups excluding carboxylic acids is 1. The Hall–Kier alpha value is -1.02. The Morgan fingerprint density at radius 1 is 1.53 bits per heavy atom. The third-order valence-electron chi connectivity index (χ3n) is 2.27. The van der Waals surface area contributed by atoms with Crippen LogP contribution in [0.25, 0.3) is 0 Å². The van der Waals surface area contributed by atoms with Gasteiger partial charge in [-0.15, -0.1) is 35.1 Å². The summed E-state index contributed by atoms with van der Waals surface area (Å²) in [5, 5.41) is 6.00. The van der Waals surface area contributed by atoms with Gasteiger partial charge in [0.2, 0.25) is 0 Å². The van der Waals surface area contributed by atoms with Crippen molar-refractivity contribution >= 4 is 46.1 Å². The monoisotopic (exact) mass is 318 g/mol. The first-order valence-corrected chi connectivity index (χ1v) is 7.33. The molecule has 0 atom stereocenters. The van der Waals surface area contributed by atoms with Gasteiger partial charge in [0, 0.05) is 22.9 Å². The second-order valence-corrected chi connectivity index (χ2v) is 5.66. The molecule has 0 aliphatic rings. The van der Waals surface area contributed by atoms with Crippen LogP contribution < -0.4 is 11.1 Å². The number of amides is 1. The molecule has 2 heterocycles. The molecule has 0 saturated carbocycles. The average molecular weight is 319 g/mol. The lowest BCUT2D eigenvalue weighted by atomic mass is 10.4. The fraction of sp³-hybridized carbons (Fsp3) is 0.364. The lowest BCUT2D eigenvalue weighted by Gasteiger charge is -1.97. The summed E-state index contributed by atoms with van der Waals surface area (Å²) in [6, 6.07) is 0. The SMILES string of the molecule is CCc1cnc(NC(=O)c2csc(CCN)n2)s1.Cl. The average Bonchev–Trinajstić information content (AvgIpc) is 2.98. The van der Waals surface area contributed by atoms with Crippen molar-refractivity contribution in [2.24, 2.45) is 5.73 Å². The van der Waals surface area contributed by atoms with Crippen molar-refractivity contribution in [3.8, 4) is 0 Å². The first-order chi connectivity index (χ1) is 8.72. The molecule has 19 heavy (non-hydrogen) atoms. The molecule has 3 N–H and O–H groups in total. The number of aryl methyl sites for hydroxylation is 1. The molecule has 104 valence electrons. The zero-order chi connectivity index (χ0) is 13.0. The van der Waals surface area contributed by atoms with Crippen molar-refractivity contribution in [3.63, 3.8) is 0 Å².